The van der Waals surface area contributed by atoms with Crippen LogP contribution in [-0.4, -0.2) is 13.2 Å². The molecule has 0 aromatic carbocycles. The fraction of sp³-hybridized carbons (Fsp3) is 0.833. The second kappa shape index (κ2) is 11.7. The van der Waals surface area contributed by atoms with Gasteiger partial charge < -0.3 is 4.74 Å². The highest BCUT2D eigenvalue weighted by Gasteiger charge is 1.89. The van der Waals surface area contributed by atoms with Gasteiger partial charge in [0.15, 0.2) is 0 Å². The topological polar surface area (TPSA) is 9.23 Å². The number of unbranched alkanes of at least 4 members (excludes halogenated alkanes) is 5. The van der Waals surface area contributed by atoms with Gasteiger partial charge in [0.1, 0.15) is 0 Å². The van der Waals surface area contributed by atoms with Gasteiger partial charge in [-0.3, -0.25) is 0 Å². The lowest BCUT2D eigenvalue weighted by molar-refractivity contribution is 0.157. The molecule has 0 aliphatic rings. The van der Waals surface area contributed by atoms with Crippen LogP contribution < -0.4 is 0 Å². The van der Waals surface area contributed by atoms with Gasteiger partial charge in [0.2, 0.25) is 0 Å². The maximum absolute atomic E-state index is 5.39. The zero-order valence-corrected chi connectivity index (χ0v) is 9.22. The van der Waals surface area contributed by atoms with Gasteiger partial charge >= 0.3 is 0 Å². The van der Waals surface area contributed by atoms with Crippen LogP contribution >= 0.6 is 0 Å². The summed E-state index contributed by atoms with van der Waals surface area (Å²) in [4.78, 5) is 0. The molecule has 0 bridgehead atoms. The molecule has 1 heteroatoms. The third-order valence-corrected chi connectivity index (χ3v) is 2.09. The van der Waals surface area contributed by atoms with Crippen molar-refractivity contribution in [2.24, 2.45) is 0 Å². The molecule has 0 spiro atoms. The molecule has 0 aliphatic carbocycles. The smallest absolute Gasteiger partial charge is 0.0647 e. The minimum absolute atomic E-state index is 0.783. The molecule has 0 rings (SSSR count). The molecule has 78 valence electrons. The average molecular weight is 184 g/mol. The van der Waals surface area contributed by atoms with Gasteiger partial charge in [0.05, 0.1) is 6.61 Å². The maximum Gasteiger partial charge on any atom is 0.0647 e. The van der Waals surface area contributed by atoms with Crippen LogP contribution in [0.4, 0.5) is 0 Å². The third kappa shape index (κ3) is 11.7. The summed E-state index contributed by atoms with van der Waals surface area (Å²) in [5, 5.41) is 0. The zero-order valence-electron chi connectivity index (χ0n) is 9.22. The van der Waals surface area contributed by atoms with Crippen molar-refractivity contribution in [2.75, 3.05) is 13.2 Å². The van der Waals surface area contributed by atoms with Crippen molar-refractivity contribution in [3.63, 3.8) is 0 Å². The largest absolute Gasteiger partial charge is 0.377 e. The Morgan fingerprint density at radius 3 is 2.38 bits per heavy atom. The molecule has 0 aromatic rings. The van der Waals surface area contributed by atoms with Crippen LogP contribution in [0.3, 0.4) is 0 Å². The predicted molar refractivity (Wildman–Crippen MR) is 59.0 cm³/mol. The summed E-state index contributed by atoms with van der Waals surface area (Å²) in [7, 11) is 0. The zero-order chi connectivity index (χ0) is 9.78. The molecule has 0 aliphatic heterocycles. The summed E-state index contributed by atoms with van der Waals surface area (Å²) in [6.45, 7) is 5.98. The lowest BCUT2D eigenvalue weighted by Crippen LogP contribution is -1.94. The monoisotopic (exact) mass is 184 g/mol. The van der Waals surface area contributed by atoms with Crippen LogP contribution in [-0.2, 0) is 4.74 Å². The van der Waals surface area contributed by atoms with Gasteiger partial charge in [-0.2, -0.15) is 0 Å². The molecule has 0 heterocycles. The molecule has 0 radical (unpaired) electrons. The molecule has 0 unspecified atom stereocenters. The van der Waals surface area contributed by atoms with Crippen molar-refractivity contribution in [3.05, 3.63) is 12.2 Å². The van der Waals surface area contributed by atoms with E-state index < -0.39 is 0 Å². The highest BCUT2D eigenvalue weighted by Crippen LogP contribution is 2.04. The van der Waals surface area contributed by atoms with Crippen LogP contribution in [0.5, 0.6) is 0 Å². The molecule has 0 saturated heterocycles. The Balaban J connectivity index is 2.83. The molecular weight excluding hydrogens is 160 g/mol. The summed E-state index contributed by atoms with van der Waals surface area (Å²) >= 11 is 0. The predicted octanol–water partition coefficient (Wildman–Crippen LogP) is 3.94. The van der Waals surface area contributed by atoms with Gasteiger partial charge in [0, 0.05) is 6.61 Å². The van der Waals surface area contributed by atoms with Crippen molar-refractivity contribution in [1.82, 2.24) is 0 Å². The molecule has 13 heavy (non-hydrogen) atoms. The molecule has 0 N–H and O–H groups in total. The first-order valence-electron chi connectivity index (χ1n) is 5.60. The minimum Gasteiger partial charge on any atom is -0.377 e. The van der Waals surface area contributed by atoms with E-state index in [1.165, 1.54) is 38.5 Å². The Kier molecular flexibility index (Phi) is 11.4. The Morgan fingerprint density at radius 2 is 1.69 bits per heavy atom. The highest BCUT2D eigenvalue weighted by atomic mass is 16.5. The van der Waals surface area contributed by atoms with Crippen molar-refractivity contribution < 1.29 is 4.74 Å². The van der Waals surface area contributed by atoms with Crippen LogP contribution in [0, 0.1) is 0 Å². The van der Waals surface area contributed by atoms with Crippen LogP contribution in [0.1, 0.15) is 52.4 Å². The van der Waals surface area contributed by atoms with Crippen molar-refractivity contribution in [3.8, 4) is 0 Å². The van der Waals surface area contributed by atoms with E-state index in [0.717, 1.165) is 13.2 Å². The quantitative estimate of drug-likeness (QED) is 0.389. The number of allylic oxidation sites excluding steroid dienone is 1. The molecule has 0 saturated carbocycles. The molecule has 0 fully saturated rings. The fourth-order valence-electron chi connectivity index (χ4n) is 1.23. The van der Waals surface area contributed by atoms with E-state index in [1.54, 1.807) is 0 Å². The van der Waals surface area contributed by atoms with Gasteiger partial charge in [-0.25, -0.2) is 0 Å². The number of hydrogen-bond donors (Lipinski definition) is 0. The van der Waals surface area contributed by atoms with Crippen molar-refractivity contribution in [2.45, 2.75) is 52.4 Å². The van der Waals surface area contributed by atoms with E-state index in [-0.39, 0.29) is 0 Å². The summed E-state index contributed by atoms with van der Waals surface area (Å²) in [5.74, 6) is 0. The number of ether oxygens (including phenoxy) is 1. The summed E-state index contributed by atoms with van der Waals surface area (Å²) in [6, 6.07) is 0. The van der Waals surface area contributed by atoms with Gasteiger partial charge in [-0.05, 0) is 13.3 Å². The minimum atomic E-state index is 0.783. The summed E-state index contributed by atoms with van der Waals surface area (Å²) in [6.07, 6.45) is 12.1. The van der Waals surface area contributed by atoms with E-state index in [0.29, 0.717) is 0 Å². The molecule has 0 amide bonds. The van der Waals surface area contributed by atoms with E-state index in [2.05, 4.69) is 13.0 Å². The first-order chi connectivity index (χ1) is 6.41. The van der Waals surface area contributed by atoms with E-state index in [1.807, 2.05) is 13.0 Å². The Bertz CT molecular complexity index is 108. The van der Waals surface area contributed by atoms with Crippen molar-refractivity contribution in [1.29, 1.82) is 0 Å². The van der Waals surface area contributed by atoms with E-state index in [9.17, 15) is 0 Å². The van der Waals surface area contributed by atoms with Gasteiger partial charge in [-0.15, -0.1) is 0 Å². The standard InChI is InChI=1S/C12H24O/c1-3-5-7-8-9-10-12-13-11-6-4-2/h4,6H,3,5,7-12H2,1-2H3/b6-4-. The van der Waals surface area contributed by atoms with Gasteiger partial charge in [0.25, 0.3) is 0 Å². The molecule has 1 nitrogen and oxygen atoms in total. The maximum atomic E-state index is 5.39. The number of hydrogen-bond acceptors (Lipinski definition) is 1. The Morgan fingerprint density at radius 1 is 1.00 bits per heavy atom. The lowest BCUT2D eigenvalue weighted by Gasteiger charge is -2.01. The first-order valence-corrected chi connectivity index (χ1v) is 5.60. The van der Waals surface area contributed by atoms with E-state index >= 15 is 0 Å². The summed E-state index contributed by atoms with van der Waals surface area (Å²) < 4.78 is 5.39. The fourth-order valence-corrected chi connectivity index (χ4v) is 1.23. The first kappa shape index (κ1) is 12.7. The lowest BCUT2D eigenvalue weighted by atomic mass is 10.1. The average Bonchev–Trinajstić information content (AvgIpc) is 2.16. The Hall–Kier alpha value is -0.300. The number of rotatable bonds is 9. The normalized spacial score (nSPS) is 11.2. The van der Waals surface area contributed by atoms with E-state index in [4.69, 9.17) is 4.74 Å². The Labute approximate surface area is 83.2 Å². The second-order valence-corrected chi connectivity index (χ2v) is 3.41. The second-order valence-electron chi connectivity index (χ2n) is 3.41. The highest BCUT2D eigenvalue weighted by molar-refractivity contribution is 4.75. The van der Waals surface area contributed by atoms with Crippen LogP contribution in [0.15, 0.2) is 12.2 Å². The molecule has 0 atom stereocenters. The molecular formula is C12H24O. The van der Waals surface area contributed by atoms with Crippen LogP contribution in [0.2, 0.25) is 0 Å². The van der Waals surface area contributed by atoms with Crippen molar-refractivity contribution >= 4 is 0 Å². The molecule has 0 aromatic heterocycles. The third-order valence-electron chi connectivity index (χ3n) is 2.09. The van der Waals surface area contributed by atoms with Crippen LogP contribution in [0.25, 0.3) is 0 Å². The SMILES string of the molecule is C/C=C\COCCCCCCCC. The summed E-state index contributed by atoms with van der Waals surface area (Å²) in [5.41, 5.74) is 0. The van der Waals surface area contributed by atoms with Gasteiger partial charge in [-0.1, -0.05) is 51.2 Å².